The van der Waals surface area contributed by atoms with Crippen LogP contribution in [-0.2, 0) is 6.42 Å². The molecule has 0 radical (unpaired) electrons. The van der Waals surface area contributed by atoms with Crippen LogP contribution in [0, 0.1) is 0 Å². The smallest absolute Gasteiger partial charge is 0.0756 e. The van der Waals surface area contributed by atoms with E-state index < -0.39 is 0 Å². The fourth-order valence-electron chi connectivity index (χ4n) is 1.95. The van der Waals surface area contributed by atoms with Crippen molar-refractivity contribution in [3.63, 3.8) is 0 Å². The Hall–Kier alpha value is -1.81. The van der Waals surface area contributed by atoms with Crippen molar-refractivity contribution in [3.05, 3.63) is 54.4 Å². The summed E-state index contributed by atoms with van der Waals surface area (Å²) in [6, 6.07) is 4.33. The summed E-state index contributed by atoms with van der Waals surface area (Å²) in [4.78, 5) is 12.6. The van der Waals surface area contributed by atoms with Crippen molar-refractivity contribution in [1.82, 2.24) is 20.3 Å². The molecule has 0 saturated carbocycles. The Morgan fingerprint density at radius 3 is 2.72 bits per heavy atom. The fraction of sp³-hybridized carbons (Fsp3) is 0.357. The van der Waals surface area contributed by atoms with Crippen LogP contribution in [0.4, 0.5) is 0 Å². The van der Waals surface area contributed by atoms with Gasteiger partial charge < -0.3 is 5.32 Å². The van der Waals surface area contributed by atoms with Crippen LogP contribution >= 0.6 is 0 Å². The first-order chi connectivity index (χ1) is 8.90. The number of hydrogen-bond acceptors (Lipinski definition) is 4. The van der Waals surface area contributed by atoms with Gasteiger partial charge in [-0.1, -0.05) is 13.0 Å². The lowest BCUT2D eigenvalue weighted by Gasteiger charge is -2.16. The summed E-state index contributed by atoms with van der Waals surface area (Å²) < 4.78 is 0. The van der Waals surface area contributed by atoms with Crippen LogP contribution in [0.2, 0.25) is 0 Å². The number of hydrogen-bond donors (Lipinski definition) is 1. The van der Waals surface area contributed by atoms with Crippen molar-refractivity contribution in [2.45, 2.75) is 25.8 Å². The molecule has 2 aromatic heterocycles. The largest absolute Gasteiger partial charge is 0.309 e. The van der Waals surface area contributed by atoms with Crippen LogP contribution in [0.1, 0.15) is 30.6 Å². The summed E-state index contributed by atoms with van der Waals surface area (Å²) in [5, 5.41) is 3.45. The number of nitrogens with zero attached hydrogens (tertiary/aromatic N) is 3. The van der Waals surface area contributed by atoms with Gasteiger partial charge in [-0.05, 0) is 31.0 Å². The summed E-state index contributed by atoms with van der Waals surface area (Å²) >= 11 is 0. The molecule has 0 aliphatic carbocycles. The first kappa shape index (κ1) is 12.6. The molecule has 4 nitrogen and oxygen atoms in total. The van der Waals surface area contributed by atoms with Crippen LogP contribution in [-0.4, -0.2) is 21.5 Å². The highest BCUT2D eigenvalue weighted by Gasteiger charge is 2.11. The highest BCUT2D eigenvalue weighted by atomic mass is 14.9. The molecule has 0 spiro atoms. The quantitative estimate of drug-likeness (QED) is 0.843. The predicted octanol–water partition coefficient (Wildman–Crippen LogP) is 2.16. The zero-order valence-electron chi connectivity index (χ0n) is 10.6. The molecule has 0 aromatic carbocycles. The van der Waals surface area contributed by atoms with Gasteiger partial charge in [-0.15, -0.1) is 0 Å². The second kappa shape index (κ2) is 6.81. The molecule has 2 rings (SSSR count). The maximum atomic E-state index is 4.37. The molecule has 94 valence electrons. The molecule has 0 fully saturated rings. The van der Waals surface area contributed by atoms with Crippen LogP contribution in [0.25, 0.3) is 0 Å². The van der Waals surface area contributed by atoms with Gasteiger partial charge in [0, 0.05) is 31.0 Å². The number of aromatic nitrogens is 3. The third-order valence-electron chi connectivity index (χ3n) is 2.84. The van der Waals surface area contributed by atoms with Gasteiger partial charge in [0.1, 0.15) is 0 Å². The number of nitrogens with one attached hydrogen (secondary N) is 1. The zero-order valence-corrected chi connectivity index (χ0v) is 10.6. The van der Waals surface area contributed by atoms with E-state index in [2.05, 4.69) is 33.3 Å². The van der Waals surface area contributed by atoms with E-state index in [0.717, 1.165) is 25.1 Å². The molecule has 0 bridgehead atoms. The van der Waals surface area contributed by atoms with E-state index in [4.69, 9.17) is 0 Å². The molecular weight excluding hydrogens is 224 g/mol. The highest BCUT2D eigenvalue weighted by Crippen LogP contribution is 2.16. The Balaban J connectivity index is 1.99. The van der Waals surface area contributed by atoms with Gasteiger partial charge in [0.15, 0.2) is 0 Å². The van der Waals surface area contributed by atoms with Crippen LogP contribution in [0.3, 0.4) is 0 Å². The Kier molecular flexibility index (Phi) is 4.78. The van der Waals surface area contributed by atoms with E-state index in [0.29, 0.717) is 0 Å². The molecule has 0 aliphatic heterocycles. The van der Waals surface area contributed by atoms with E-state index >= 15 is 0 Å². The van der Waals surface area contributed by atoms with Crippen molar-refractivity contribution >= 4 is 0 Å². The van der Waals surface area contributed by atoms with Crippen molar-refractivity contribution in [1.29, 1.82) is 0 Å². The minimum atomic E-state index is 0.254. The third kappa shape index (κ3) is 3.60. The Bertz CT molecular complexity index is 444. The van der Waals surface area contributed by atoms with Gasteiger partial charge in [-0.25, -0.2) is 0 Å². The molecule has 0 aliphatic rings. The fourth-order valence-corrected chi connectivity index (χ4v) is 1.95. The van der Waals surface area contributed by atoms with Gasteiger partial charge in [0.05, 0.1) is 11.7 Å². The average molecular weight is 242 g/mol. The second-order valence-electron chi connectivity index (χ2n) is 4.14. The Morgan fingerprint density at radius 2 is 2.06 bits per heavy atom. The highest BCUT2D eigenvalue weighted by molar-refractivity contribution is 5.10. The minimum absolute atomic E-state index is 0.254. The van der Waals surface area contributed by atoms with Crippen molar-refractivity contribution in [2.75, 3.05) is 6.54 Å². The van der Waals surface area contributed by atoms with Crippen LogP contribution in [0.5, 0.6) is 0 Å². The standard InChI is InChI=1S/C14H18N4/c1-2-17-13(14-11-16-8-9-18-14)6-5-12-4-3-7-15-10-12/h3-4,7-11,13,17H,2,5-6H2,1H3. The molecule has 18 heavy (non-hydrogen) atoms. The SMILES string of the molecule is CCNC(CCc1cccnc1)c1cnccn1. The number of pyridine rings is 1. The summed E-state index contributed by atoms with van der Waals surface area (Å²) in [5.74, 6) is 0. The van der Waals surface area contributed by atoms with Gasteiger partial charge in [0.2, 0.25) is 0 Å². The lowest BCUT2D eigenvalue weighted by molar-refractivity contribution is 0.502. The predicted molar refractivity (Wildman–Crippen MR) is 71.0 cm³/mol. The second-order valence-corrected chi connectivity index (χ2v) is 4.14. The summed E-state index contributed by atoms with van der Waals surface area (Å²) in [7, 11) is 0. The maximum absolute atomic E-state index is 4.37. The van der Waals surface area contributed by atoms with Gasteiger partial charge >= 0.3 is 0 Å². The monoisotopic (exact) mass is 242 g/mol. The molecule has 1 unspecified atom stereocenters. The lowest BCUT2D eigenvalue weighted by Crippen LogP contribution is -2.22. The van der Waals surface area contributed by atoms with E-state index in [1.165, 1.54) is 5.56 Å². The summed E-state index contributed by atoms with van der Waals surface area (Å²) in [6.45, 7) is 3.03. The number of rotatable bonds is 6. The Labute approximate surface area is 108 Å². The van der Waals surface area contributed by atoms with Gasteiger partial charge in [-0.3, -0.25) is 15.0 Å². The first-order valence-corrected chi connectivity index (χ1v) is 6.28. The molecule has 2 heterocycles. The molecule has 0 amide bonds. The van der Waals surface area contributed by atoms with Gasteiger partial charge in [0.25, 0.3) is 0 Å². The minimum Gasteiger partial charge on any atom is -0.309 e. The Morgan fingerprint density at radius 1 is 1.17 bits per heavy atom. The third-order valence-corrected chi connectivity index (χ3v) is 2.84. The lowest BCUT2D eigenvalue weighted by atomic mass is 10.0. The van der Waals surface area contributed by atoms with Crippen LogP contribution < -0.4 is 5.32 Å². The normalized spacial score (nSPS) is 12.3. The van der Waals surface area contributed by atoms with E-state index in [-0.39, 0.29) is 6.04 Å². The number of aryl methyl sites for hydroxylation is 1. The molecule has 0 saturated heterocycles. The van der Waals surface area contributed by atoms with Crippen LogP contribution in [0.15, 0.2) is 43.1 Å². The van der Waals surface area contributed by atoms with E-state index in [1.807, 2.05) is 18.5 Å². The van der Waals surface area contributed by atoms with E-state index in [9.17, 15) is 0 Å². The molecule has 1 N–H and O–H groups in total. The summed E-state index contributed by atoms with van der Waals surface area (Å²) in [5.41, 5.74) is 2.26. The van der Waals surface area contributed by atoms with Crippen molar-refractivity contribution in [2.24, 2.45) is 0 Å². The van der Waals surface area contributed by atoms with Crippen molar-refractivity contribution in [3.8, 4) is 0 Å². The average Bonchev–Trinajstić information content (AvgIpc) is 2.45. The molecular formula is C14H18N4. The zero-order chi connectivity index (χ0) is 12.6. The molecule has 2 aromatic rings. The topological polar surface area (TPSA) is 50.7 Å². The van der Waals surface area contributed by atoms with Crippen molar-refractivity contribution < 1.29 is 0 Å². The van der Waals surface area contributed by atoms with Gasteiger partial charge in [-0.2, -0.15) is 0 Å². The molecule has 4 heteroatoms. The summed E-state index contributed by atoms with van der Waals surface area (Å²) in [6.07, 6.45) is 11.0. The first-order valence-electron chi connectivity index (χ1n) is 6.28. The van der Waals surface area contributed by atoms with E-state index in [1.54, 1.807) is 18.6 Å². The molecule has 1 atom stereocenters. The maximum Gasteiger partial charge on any atom is 0.0756 e.